The Morgan fingerprint density at radius 2 is 0.675 bits per heavy atom. The van der Waals surface area contributed by atoms with E-state index in [1.807, 2.05) is 0 Å². The molecule has 0 unspecified atom stereocenters. The standard InChI is InChI=1S/C56H29NO16S7/c58-39(28-9-1-18-66-28)37-47(41(60)30-11-3-20-68-30)75-27-36(55(37)77-49(43(62)32-13-5-22-70-32)50(78-55)44(63)33-14-6-23-71-33)57-17-26-74-54-53(57)56(38(40(59)29-10-2-19-67-29)48(76-54)42(61)31-12-4-21-69-31)79-51(45(64)34-15-7-24-72-34)52(80-56)46(65)35-16-8-25-73-35/h1-16,18-25,27H,17,26H2. The zero-order valence-corrected chi connectivity index (χ0v) is 45.9. The molecule has 0 fully saturated rings. The first-order chi connectivity index (χ1) is 39.0. The molecule has 0 aliphatic carbocycles. The maximum atomic E-state index is 15.8. The number of Topliss-reactive ketones (excluding diaryl/α,β-unsaturated/α-hetero) is 8. The molecule has 24 heteroatoms. The van der Waals surface area contributed by atoms with Crippen LogP contribution in [0, 0.1) is 0 Å². The fourth-order valence-electron chi connectivity index (χ4n) is 9.15. The van der Waals surface area contributed by atoms with Crippen molar-refractivity contribution in [2.24, 2.45) is 0 Å². The van der Waals surface area contributed by atoms with Gasteiger partial charge in [0.2, 0.25) is 46.3 Å². The van der Waals surface area contributed by atoms with Crippen molar-refractivity contribution in [2.75, 3.05) is 12.3 Å². The van der Waals surface area contributed by atoms with Crippen molar-refractivity contribution in [3.8, 4) is 0 Å². The lowest BCUT2D eigenvalue weighted by atomic mass is 9.96. The Balaban J connectivity index is 1.08. The van der Waals surface area contributed by atoms with E-state index in [1.165, 1.54) is 159 Å². The number of carbonyl (C=O) groups is 8. The van der Waals surface area contributed by atoms with Gasteiger partial charge in [0.25, 0.3) is 0 Å². The van der Waals surface area contributed by atoms with Gasteiger partial charge in [0.05, 0.1) is 106 Å². The molecule has 8 aromatic rings. The van der Waals surface area contributed by atoms with Gasteiger partial charge in [0.15, 0.2) is 46.1 Å². The molecule has 0 saturated heterocycles. The van der Waals surface area contributed by atoms with Gasteiger partial charge in [0, 0.05) is 12.3 Å². The number of nitrogens with zero attached hydrogens (tertiary/aromatic N) is 1. The van der Waals surface area contributed by atoms with E-state index in [2.05, 4.69) is 0 Å². The predicted molar refractivity (Wildman–Crippen MR) is 298 cm³/mol. The Morgan fingerprint density at radius 3 is 1.01 bits per heavy atom. The molecule has 80 heavy (non-hydrogen) atoms. The largest absolute Gasteiger partial charge is 0.461 e. The maximum absolute atomic E-state index is 15.8. The predicted octanol–water partition coefficient (Wildman–Crippen LogP) is 13.6. The topological polar surface area (TPSA) is 245 Å². The van der Waals surface area contributed by atoms with Crippen molar-refractivity contribution in [3.63, 3.8) is 0 Å². The fourth-order valence-corrected chi connectivity index (χ4v) is 20.5. The van der Waals surface area contributed by atoms with Crippen LogP contribution in [-0.4, -0.2) is 71.6 Å². The average Bonchev–Trinajstić information content (AvgIpc) is 4.43. The Hall–Kier alpha value is -7.71. The van der Waals surface area contributed by atoms with Gasteiger partial charge in [-0.15, -0.1) is 11.8 Å². The van der Waals surface area contributed by atoms with Crippen LogP contribution in [-0.2, 0) is 0 Å². The number of carbonyl (C=O) groups excluding carboxylic acids is 8. The lowest BCUT2D eigenvalue weighted by Gasteiger charge is -2.50. The Bertz CT molecular complexity index is 3940. The second kappa shape index (κ2) is 20.7. The smallest absolute Gasteiger partial charge is 0.235 e. The third-order valence-electron chi connectivity index (χ3n) is 12.6. The van der Waals surface area contributed by atoms with Crippen molar-refractivity contribution >= 4 is 129 Å². The van der Waals surface area contributed by atoms with Crippen molar-refractivity contribution in [2.45, 2.75) is 8.16 Å². The molecule has 13 rings (SSSR count). The number of ketones is 8. The number of thioether (sulfide) groups is 7. The van der Waals surface area contributed by atoms with Crippen molar-refractivity contribution in [3.05, 3.63) is 255 Å². The van der Waals surface area contributed by atoms with E-state index in [0.29, 0.717) is 4.24 Å². The molecule has 8 aromatic heterocycles. The van der Waals surface area contributed by atoms with Gasteiger partial charge in [-0.1, -0.05) is 70.6 Å². The minimum atomic E-state index is -2.05. The molecule has 0 atom stereocenters. The molecule has 0 bridgehead atoms. The van der Waals surface area contributed by atoms with Gasteiger partial charge >= 0.3 is 0 Å². The molecule has 13 heterocycles. The lowest BCUT2D eigenvalue weighted by Crippen LogP contribution is -2.49. The molecule has 0 amide bonds. The highest BCUT2D eigenvalue weighted by atomic mass is 32.2. The van der Waals surface area contributed by atoms with Crippen molar-refractivity contribution in [1.29, 1.82) is 0 Å². The molecular formula is C56H29NO16S7. The molecule has 0 aromatic carbocycles. The summed E-state index contributed by atoms with van der Waals surface area (Å²) >= 11 is 6.37. The normalized spacial score (nSPS) is 17.7. The van der Waals surface area contributed by atoms with Crippen LogP contribution in [0.1, 0.15) is 84.4 Å². The second-order valence-electron chi connectivity index (χ2n) is 17.2. The molecule has 0 saturated carbocycles. The summed E-state index contributed by atoms with van der Waals surface area (Å²) in [5.41, 5.74) is -0.0535. The quantitative estimate of drug-likeness (QED) is 0.0769. The number of hydrogen-bond donors (Lipinski definition) is 0. The minimum Gasteiger partial charge on any atom is -0.461 e. The minimum absolute atomic E-state index is 0.0292. The highest BCUT2D eigenvalue weighted by Crippen LogP contribution is 2.72. The van der Waals surface area contributed by atoms with Crippen LogP contribution in [0.2, 0.25) is 0 Å². The van der Waals surface area contributed by atoms with E-state index in [-0.39, 0.29) is 110 Å². The number of rotatable bonds is 17. The van der Waals surface area contributed by atoms with Gasteiger partial charge in [-0.25, -0.2) is 0 Å². The molecule has 396 valence electrons. The van der Waals surface area contributed by atoms with Crippen molar-refractivity contribution < 1.29 is 73.7 Å². The number of allylic oxidation sites excluding steroid dienone is 6. The summed E-state index contributed by atoms with van der Waals surface area (Å²) in [7, 11) is 0. The van der Waals surface area contributed by atoms with Crippen LogP contribution >= 0.6 is 82.3 Å². The van der Waals surface area contributed by atoms with Crippen LogP contribution in [0.4, 0.5) is 0 Å². The molecule has 0 N–H and O–H groups in total. The Morgan fingerprint density at radius 1 is 0.375 bits per heavy atom. The first-order valence-corrected chi connectivity index (χ1v) is 29.5. The van der Waals surface area contributed by atoms with Gasteiger partial charge in [-0.05, 0) is 102 Å². The summed E-state index contributed by atoms with van der Waals surface area (Å²) in [4.78, 5) is 123. The lowest BCUT2D eigenvalue weighted by molar-refractivity contribution is 0.0975. The number of furan rings is 8. The average molecular weight is 1200 g/mol. The summed E-state index contributed by atoms with van der Waals surface area (Å²) in [6, 6.07) is 23.4. The molecule has 5 aliphatic rings. The highest BCUT2D eigenvalue weighted by molar-refractivity contribution is 8.28. The first-order valence-electron chi connectivity index (χ1n) is 23.6. The summed E-state index contributed by atoms with van der Waals surface area (Å²) in [5.74, 6) is -7.09. The van der Waals surface area contributed by atoms with E-state index in [0.717, 1.165) is 70.6 Å². The molecule has 5 aliphatic heterocycles. The van der Waals surface area contributed by atoms with Gasteiger partial charge in [-0.3, -0.25) is 38.4 Å². The number of fused-ring (bicyclic) bond motifs is 1. The first kappa shape index (κ1) is 51.7. The van der Waals surface area contributed by atoms with E-state index < -0.39 is 54.4 Å². The van der Waals surface area contributed by atoms with Gasteiger partial charge < -0.3 is 40.2 Å². The summed E-state index contributed by atoms with van der Waals surface area (Å²) in [5, 5.41) is 1.62. The van der Waals surface area contributed by atoms with Crippen LogP contribution < -0.4 is 0 Å². The molecule has 0 radical (unpaired) electrons. The van der Waals surface area contributed by atoms with Crippen molar-refractivity contribution in [1.82, 2.24) is 4.90 Å². The van der Waals surface area contributed by atoms with E-state index in [9.17, 15) is 0 Å². The Labute approximate surface area is 479 Å². The molecule has 2 spiro atoms. The summed E-state index contributed by atoms with van der Waals surface area (Å²) in [6.07, 6.45) is 10.3. The second-order valence-corrected chi connectivity index (χ2v) is 25.9. The zero-order valence-electron chi connectivity index (χ0n) is 40.2. The third kappa shape index (κ3) is 8.50. The molecule has 17 nitrogen and oxygen atoms in total. The van der Waals surface area contributed by atoms with Crippen LogP contribution in [0.3, 0.4) is 0 Å². The van der Waals surface area contributed by atoms with Crippen LogP contribution in [0.5, 0.6) is 0 Å². The highest BCUT2D eigenvalue weighted by Gasteiger charge is 2.64. The van der Waals surface area contributed by atoms with E-state index >= 15 is 38.4 Å². The zero-order chi connectivity index (χ0) is 54.9. The number of hydrogen-bond acceptors (Lipinski definition) is 24. The van der Waals surface area contributed by atoms with E-state index in [4.69, 9.17) is 35.3 Å². The Kier molecular flexibility index (Phi) is 13.4. The van der Waals surface area contributed by atoms with Gasteiger partial charge in [0.1, 0.15) is 8.16 Å². The fraction of sp³-hybridized carbons (Fsp3) is 0.0714. The van der Waals surface area contributed by atoms with E-state index in [1.54, 1.807) is 10.3 Å². The monoisotopic (exact) mass is 1190 g/mol. The summed E-state index contributed by atoms with van der Waals surface area (Å²) < 4.78 is 41.9. The SMILES string of the molecule is O=C(C1=C(C(=O)c2ccco2)SC2(S1)C(N1CCSC3=C1C1(SC(C(=O)c4ccco4)=C(C(=O)c4ccco4)S1)C(C(=O)c1ccco1)=C(C(=O)c1ccco1)S3)=CSC(C(=O)c1ccco1)=C2C(=O)c1ccco1)c1ccco1. The maximum Gasteiger partial charge on any atom is 0.235 e. The van der Waals surface area contributed by atoms with Crippen LogP contribution in [0.15, 0.2) is 244 Å². The summed E-state index contributed by atoms with van der Waals surface area (Å²) in [6.45, 7) is 0.0292. The molecular weight excluding hydrogens is 1170 g/mol. The third-order valence-corrected chi connectivity index (χ3v) is 22.4. The van der Waals surface area contributed by atoms with Crippen LogP contribution in [0.25, 0.3) is 0 Å². The van der Waals surface area contributed by atoms with Gasteiger partial charge in [-0.2, -0.15) is 0 Å².